The smallest absolute Gasteiger partial charge is 0.330 e. The monoisotopic (exact) mass is 295 g/mol. The van der Waals surface area contributed by atoms with Gasteiger partial charge in [0.05, 0.1) is 6.61 Å². The van der Waals surface area contributed by atoms with Gasteiger partial charge in [-0.25, -0.2) is 4.79 Å². The van der Waals surface area contributed by atoms with Crippen molar-refractivity contribution < 1.29 is 14.3 Å². The summed E-state index contributed by atoms with van der Waals surface area (Å²) < 4.78 is 4.78. The molecule has 1 aromatic carbocycles. The Bertz CT molecular complexity index is 469. The van der Waals surface area contributed by atoms with Gasteiger partial charge in [0, 0.05) is 24.1 Å². The van der Waals surface area contributed by atoms with Gasteiger partial charge in [0.15, 0.2) is 0 Å². The first-order valence-electron chi connectivity index (χ1n) is 6.46. The molecule has 0 radical (unpaired) electrons. The molecule has 20 heavy (non-hydrogen) atoms. The molecule has 0 spiro atoms. The Morgan fingerprint density at radius 3 is 2.60 bits per heavy atom. The summed E-state index contributed by atoms with van der Waals surface area (Å²) in [6, 6.07) is 7.19. The van der Waals surface area contributed by atoms with Crippen LogP contribution in [0, 0.1) is 0 Å². The number of rotatable bonds is 7. The van der Waals surface area contributed by atoms with Crippen molar-refractivity contribution in [3.8, 4) is 0 Å². The summed E-state index contributed by atoms with van der Waals surface area (Å²) in [5.41, 5.74) is 1.58. The van der Waals surface area contributed by atoms with Crippen molar-refractivity contribution in [3.05, 3.63) is 35.9 Å². The maximum atomic E-state index is 11.5. The molecule has 0 aliphatic rings. The van der Waals surface area contributed by atoms with Crippen LogP contribution in [0.4, 0.5) is 5.69 Å². The van der Waals surface area contributed by atoms with Crippen molar-refractivity contribution in [2.45, 2.75) is 19.8 Å². The minimum absolute atomic E-state index is 0.0551. The predicted molar refractivity (Wildman–Crippen MR) is 80.7 cm³/mol. The zero-order chi connectivity index (χ0) is 14.8. The summed E-state index contributed by atoms with van der Waals surface area (Å²) in [6.45, 7) is 2.11. The van der Waals surface area contributed by atoms with E-state index in [1.165, 1.54) is 6.08 Å². The fourth-order valence-electron chi connectivity index (χ4n) is 1.48. The van der Waals surface area contributed by atoms with Gasteiger partial charge in [0.2, 0.25) is 5.91 Å². The Kier molecular flexibility index (Phi) is 7.43. The molecule has 0 aromatic heterocycles. The summed E-state index contributed by atoms with van der Waals surface area (Å²) in [5, 5.41) is 2.78. The second kappa shape index (κ2) is 9.15. The number of carbonyl (C=O) groups is 2. The lowest BCUT2D eigenvalue weighted by Crippen LogP contribution is -2.11. The Hall–Kier alpha value is -1.81. The number of hydrogen-bond donors (Lipinski definition) is 1. The number of amides is 1. The third-order valence-electron chi connectivity index (χ3n) is 2.43. The summed E-state index contributed by atoms with van der Waals surface area (Å²) in [6.07, 6.45) is 4.11. The van der Waals surface area contributed by atoms with Crippen LogP contribution in [0.3, 0.4) is 0 Å². The van der Waals surface area contributed by atoms with E-state index in [4.69, 9.17) is 16.3 Å². The third kappa shape index (κ3) is 6.38. The van der Waals surface area contributed by atoms with Crippen LogP contribution < -0.4 is 5.32 Å². The Morgan fingerprint density at radius 2 is 2.00 bits per heavy atom. The first-order chi connectivity index (χ1) is 9.65. The van der Waals surface area contributed by atoms with Crippen molar-refractivity contribution in [2.24, 2.45) is 0 Å². The van der Waals surface area contributed by atoms with Crippen molar-refractivity contribution in [1.29, 1.82) is 0 Å². The molecular weight excluding hydrogens is 278 g/mol. The molecule has 5 heteroatoms. The SMILES string of the molecule is CCOC(=O)C=Cc1ccc(NC(=O)CCCCl)cc1. The summed E-state index contributed by atoms with van der Waals surface area (Å²) in [4.78, 5) is 22.7. The molecule has 0 unspecified atom stereocenters. The number of halogens is 1. The van der Waals surface area contributed by atoms with E-state index < -0.39 is 0 Å². The molecule has 0 saturated heterocycles. The number of carbonyl (C=O) groups excluding carboxylic acids is 2. The van der Waals surface area contributed by atoms with E-state index in [2.05, 4.69) is 5.32 Å². The molecule has 0 atom stereocenters. The minimum atomic E-state index is -0.369. The molecule has 0 fully saturated rings. The van der Waals surface area contributed by atoms with E-state index in [-0.39, 0.29) is 11.9 Å². The van der Waals surface area contributed by atoms with E-state index in [1.54, 1.807) is 25.1 Å². The molecule has 108 valence electrons. The maximum absolute atomic E-state index is 11.5. The standard InChI is InChI=1S/C15H18ClNO3/c1-2-20-15(19)10-7-12-5-8-13(9-6-12)17-14(18)4-3-11-16/h5-10H,2-4,11H2,1H3,(H,17,18). The Labute approximate surface area is 123 Å². The molecular formula is C15H18ClNO3. The summed E-state index contributed by atoms with van der Waals surface area (Å²) in [5.74, 6) is 0.0526. The summed E-state index contributed by atoms with van der Waals surface area (Å²) >= 11 is 5.53. The Morgan fingerprint density at radius 1 is 1.30 bits per heavy atom. The number of nitrogens with one attached hydrogen (secondary N) is 1. The lowest BCUT2D eigenvalue weighted by molar-refractivity contribution is -0.137. The van der Waals surface area contributed by atoms with Crippen LogP contribution in [0.25, 0.3) is 6.08 Å². The topological polar surface area (TPSA) is 55.4 Å². The van der Waals surface area contributed by atoms with Gasteiger partial charge >= 0.3 is 5.97 Å². The highest BCUT2D eigenvalue weighted by molar-refractivity contribution is 6.18. The first-order valence-corrected chi connectivity index (χ1v) is 7.00. The maximum Gasteiger partial charge on any atom is 0.330 e. The molecule has 0 heterocycles. The Balaban J connectivity index is 2.51. The molecule has 4 nitrogen and oxygen atoms in total. The molecule has 0 aliphatic heterocycles. The molecule has 1 amide bonds. The molecule has 1 aromatic rings. The van der Waals surface area contributed by atoms with E-state index in [1.807, 2.05) is 12.1 Å². The van der Waals surface area contributed by atoms with Gasteiger partial charge in [-0.2, -0.15) is 0 Å². The normalized spacial score (nSPS) is 10.5. The molecule has 0 aliphatic carbocycles. The fourth-order valence-corrected chi connectivity index (χ4v) is 1.62. The highest BCUT2D eigenvalue weighted by atomic mass is 35.5. The largest absolute Gasteiger partial charge is 0.463 e. The highest BCUT2D eigenvalue weighted by Crippen LogP contribution is 2.11. The number of benzene rings is 1. The highest BCUT2D eigenvalue weighted by Gasteiger charge is 2.01. The number of hydrogen-bond acceptors (Lipinski definition) is 3. The van der Waals surface area contributed by atoms with Gasteiger partial charge in [-0.15, -0.1) is 11.6 Å². The number of alkyl halides is 1. The summed E-state index contributed by atoms with van der Waals surface area (Å²) in [7, 11) is 0. The molecule has 0 bridgehead atoms. The number of anilines is 1. The van der Waals surface area contributed by atoms with Gasteiger partial charge in [0.25, 0.3) is 0 Å². The van der Waals surface area contributed by atoms with E-state index in [0.29, 0.717) is 25.3 Å². The van der Waals surface area contributed by atoms with E-state index >= 15 is 0 Å². The zero-order valence-electron chi connectivity index (χ0n) is 11.4. The predicted octanol–water partition coefficient (Wildman–Crippen LogP) is 3.22. The average Bonchev–Trinajstić information content (AvgIpc) is 2.45. The molecule has 1 rings (SSSR count). The fraction of sp³-hybridized carbons (Fsp3) is 0.333. The first kappa shape index (κ1) is 16.2. The van der Waals surface area contributed by atoms with Gasteiger partial charge in [0.1, 0.15) is 0 Å². The molecule has 0 saturated carbocycles. The number of ether oxygens (including phenoxy) is 1. The second-order valence-electron chi connectivity index (χ2n) is 4.05. The van der Waals surface area contributed by atoms with Gasteiger partial charge in [-0.3, -0.25) is 4.79 Å². The van der Waals surface area contributed by atoms with Crippen LogP contribution in [-0.4, -0.2) is 24.4 Å². The van der Waals surface area contributed by atoms with Crippen LogP contribution in [0.2, 0.25) is 0 Å². The van der Waals surface area contributed by atoms with Crippen LogP contribution in [0.15, 0.2) is 30.3 Å². The van der Waals surface area contributed by atoms with E-state index in [9.17, 15) is 9.59 Å². The van der Waals surface area contributed by atoms with E-state index in [0.717, 1.165) is 11.3 Å². The van der Waals surface area contributed by atoms with Crippen LogP contribution in [0.1, 0.15) is 25.3 Å². The van der Waals surface area contributed by atoms with Crippen LogP contribution in [-0.2, 0) is 14.3 Å². The van der Waals surface area contributed by atoms with Gasteiger partial charge < -0.3 is 10.1 Å². The van der Waals surface area contributed by atoms with Crippen LogP contribution in [0.5, 0.6) is 0 Å². The lowest BCUT2D eigenvalue weighted by Gasteiger charge is -2.04. The van der Waals surface area contributed by atoms with Gasteiger partial charge in [-0.05, 0) is 37.1 Å². The lowest BCUT2D eigenvalue weighted by atomic mass is 10.2. The van der Waals surface area contributed by atoms with Crippen LogP contribution >= 0.6 is 11.6 Å². The van der Waals surface area contributed by atoms with Crippen molar-refractivity contribution in [2.75, 3.05) is 17.8 Å². The quantitative estimate of drug-likeness (QED) is 0.477. The van der Waals surface area contributed by atoms with Gasteiger partial charge in [-0.1, -0.05) is 12.1 Å². The minimum Gasteiger partial charge on any atom is -0.463 e. The van der Waals surface area contributed by atoms with Crippen molar-refractivity contribution in [1.82, 2.24) is 0 Å². The number of esters is 1. The van der Waals surface area contributed by atoms with Crippen molar-refractivity contribution in [3.63, 3.8) is 0 Å². The second-order valence-corrected chi connectivity index (χ2v) is 4.43. The van der Waals surface area contributed by atoms with Crippen molar-refractivity contribution >= 4 is 35.2 Å². The average molecular weight is 296 g/mol. The zero-order valence-corrected chi connectivity index (χ0v) is 12.2. The third-order valence-corrected chi connectivity index (χ3v) is 2.70. The molecule has 1 N–H and O–H groups in total.